The van der Waals surface area contributed by atoms with Gasteiger partial charge in [0.2, 0.25) is 0 Å². The van der Waals surface area contributed by atoms with Crippen LogP contribution in [0.5, 0.6) is 0 Å². The predicted octanol–water partition coefficient (Wildman–Crippen LogP) is 0.0849. The first-order chi connectivity index (χ1) is 6.54. The van der Waals surface area contributed by atoms with E-state index in [1.54, 1.807) is 18.6 Å². The van der Waals surface area contributed by atoms with Crippen LogP contribution in [0.25, 0.3) is 4.96 Å². The van der Waals surface area contributed by atoms with Gasteiger partial charge in [-0.1, -0.05) is 0 Å². The number of nitrogens with zero attached hydrogens (tertiary/aromatic N) is 2. The number of fused-ring (bicyclic) bond motifs is 1. The van der Waals surface area contributed by atoms with Crippen molar-refractivity contribution in [1.29, 1.82) is 0 Å². The number of rotatable bonds is 2. The second-order valence-electron chi connectivity index (χ2n) is 2.62. The van der Waals surface area contributed by atoms with E-state index in [0.29, 0.717) is 4.96 Å². The van der Waals surface area contributed by atoms with E-state index in [2.05, 4.69) is 10.3 Å². The largest absolute Gasteiger partial charge is 0.371 e. The van der Waals surface area contributed by atoms with Crippen molar-refractivity contribution >= 4 is 32.1 Å². The first-order valence-electron chi connectivity index (χ1n) is 3.70. The molecule has 0 unspecified atom stereocenters. The summed E-state index contributed by atoms with van der Waals surface area (Å²) in [5, 5.41) is 9.52. The zero-order valence-electron chi connectivity index (χ0n) is 7.26. The molecule has 2 aromatic rings. The Balaban J connectivity index is 2.88. The lowest BCUT2D eigenvalue weighted by atomic mass is 10.7. The molecule has 0 saturated carbocycles. The van der Waals surface area contributed by atoms with Gasteiger partial charge in [-0.05, 0) is 0 Å². The fourth-order valence-electron chi connectivity index (χ4n) is 1.20. The van der Waals surface area contributed by atoms with Crippen molar-refractivity contribution < 1.29 is 8.42 Å². The van der Waals surface area contributed by atoms with Gasteiger partial charge in [-0.2, -0.15) is 0 Å². The highest BCUT2D eigenvalue weighted by molar-refractivity contribution is 7.89. The zero-order chi connectivity index (χ0) is 10.3. The third-order valence-corrected chi connectivity index (χ3v) is 3.41. The van der Waals surface area contributed by atoms with Gasteiger partial charge in [0.05, 0.1) is 0 Å². The minimum absolute atomic E-state index is 0.00347. The monoisotopic (exact) mass is 232 g/mol. The van der Waals surface area contributed by atoms with Crippen LogP contribution >= 0.6 is 11.3 Å². The van der Waals surface area contributed by atoms with Gasteiger partial charge in [0.15, 0.2) is 15.8 Å². The normalized spacial score (nSPS) is 12.1. The summed E-state index contributed by atoms with van der Waals surface area (Å²) in [5.41, 5.74) is 0. The summed E-state index contributed by atoms with van der Waals surface area (Å²) in [4.78, 5) is 4.66. The van der Waals surface area contributed by atoms with Crippen LogP contribution in [-0.4, -0.2) is 24.9 Å². The van der Waals surface area contributed by atoms with Crippen LogP contribution in [0.15, 0.2) is 16.6 Å². The van der Waals surface area contributed by atoms with Crippen LogP contribution in [0.1, 0.15) is 0 Å². The number of sulfonamides is 1. The van der Waals surface area contributed by atoms with Gasteiger partial charge in [-0.15, -0.1) is 11.3 Å². The average molecular weight is 232 g/mol. The third kappa shape index (κ3) is 1.27. The molecular formula is C6H8N4O2S2. The van der Waals surface area contributed by atoms with Crippen LogP contribution in [0, 0.1) is 0 Å². The lowest BCUT2D eigenvalue weighted by molar-refractivity contribution is 0.593. The van der Waals surface area contributed by atoms with Gasteiger partial charge in [0.25, 0.3) is 10.0 Å². The number of nitrogens with one attached hydrogen (secondary N) is 1. The molecule has 76 valence electrons. The quantitative estimate of drug-likeness (QED) is 0.767. The maximum atomic E-state index is 11.3. The molecule has 0 aromatic carbocycles. The molecule has 2 heterocycles. The van der Waals surface area contributed by atoms with Crippen LogP contribution in [0.2, 0.25) is 0 Å². The number of hydrogen-bond acceptors (Lipinski definition) is 5. The molecule has 0 spiro atoms. The minimum atomic E-state index is -3.75. The van der Waals surface area contributed by atoms with E-state index < -0.39 is 10.0 Å². The van der Waals surface area contributed by atoms with Crippen molar-refractivity contribution in [2.24, 2.45) is 5.14 Å². The summed E-state index contributed by atoms with van der Waals surface area (Å²) in [7, 11) is -2.16. The number of aromatic nitrogens is 2. The molecule has 0 radical (unpaired) electrons. The summed E-state index contributed by atoms with van der Waals surface area (Å²) >= 11 is 1.35. The Morgan fingerprint density at radius 3 is 2.93 bits per heavy atom. The van der Waals surface area contributed by atoms with Crippen LogP contribution in [0.4, 0.5) is 5.82 Å². The number of imidazole rings is 1. The fraction of sp³-hybridized carbons (Fsp3) is 0.167. The van der Waals surface area contributed by atoms with E-state index in [9.17, 15) is 8.42 Å². The second-order valence-corrected chi connectivity index (χ2v) is 4.97. The van der Waals surface area contributed by atoms with E-state index in [-0.39, 0.29) is 10.8 Å². The van der Waals surface area contributed by atoms with Gasteiger partial charge < -0.3 is 5.32 Å². The van der Waals surface area contributed by atoms with Crippen molar-refractivity contribution in [1.82, 2.24) is 9.38 Å². The predicted molar refractivity (Wildman–Crippen MR) is 54.0 cm³/mol. The van der Waals surface area contributed by atoms with Crippen LogP contribution in [0.3, 0.4) is 0 Å². The molecule has 0 aliphatic carbocycles. The molecule has 2 aromatic heterocycles. The molecular weight excluding hydrogens is 224 g/mol. The fourth-order valence-corrected chi connectivity index (χ4v) is 2.81. The minimum Gasteiger partial charge on any atom is -0.371 e. The molecule has 14 heavy (non-hydrogen) atoms. The number of nitrogens with two attached hydrogens (primary N) is 1. The van der Waals surface area contributed by atoms with Gasteiger partial charge >= 0.3 is 0 Å². The SMILES string of the molecule is CNc1nc2sccn2c1S(N)(=O)=O. The van der Waals surface area contributed by atoms with E-state index in [1.165, 1.54) is 15.7 Å². The topological polar surface area (TPSA) is 89.5 Å². The number of thiazole rings is 1. The van der Waals surface area contributed by atoms with Gasteiger partial charge in [0, 0.05) is 18.6 Å². The Labute approximate surface area is 84.4 Å². The Kier molecular flexibility index (Phi) is 1.98. The molecule has 0 bridgehead atoms. The molecule has 2 rings (SSSR count). The van der Waals surface area contributed by atoms with E-state index in [0.717, 1.165) is 0 Å². The first-order valence-corrected chi connectivity index (χ1v) is 6.12. The number of hydrogen-bond donors (Lipinski definition) is 2. The van der Waals surface area contributed by atoms with E-state index in [1.807, 2.05) is 0 Å². The number of primary sulfonamides is 1. The Morgan fingerprint density at radius 1 is 1.64 bits per heavy atom. The Hall–Kier alpha value is -1.12. The Bertz CT molecular complexity index is 568. The highest BCUT2D eigenvalue weighted by Crippen LogP contribution is 2.23. The lowest BCUT2D eigenvalue weighted by Crippen LogP contribution is -2.15. The highest BCUT2D eigenvalue weighted by atomic mass is 32.2. The molecule has 0 aliphatic rings. The van der Waals surface area contributed by atoms with Gasteiger partial charge in [-0.3, -0.25) is 4.40 Å². The zero-order valence-corrected chi connectivity index (χ0v) is 8.89. The summed E-state index contributed by atoms with van der Waals surface area (Å²) < 4.78 is 24.0. The van der Waals surface area contributed by atoms with Gasteiger partial charge in [0.1, 0.15) is 0 Å². The van der Waals surface area contributed by atoms with Crippen molar-refractivity contribution in [2.75, 3.05) is 12.4 Å². The molecule has 0 saturated heterocycles. The van der Waals surface area contributed by atoms with Crippen molar-refractivity contribution in [3.05, 3.63) is 11.6 Å². The molecule has 3 N–H and O–H groups in total. The van der Waals surface area contributed by atoms with Crippen molar-refractivity contribution in [2.45, 2.75) is 5.03 Å². The first kappa shape index (κ1) is 9.44. The van der Waals surface area contributed by atoms with Crippen molar-refractivity contribution in [3.8, 4) is 0 Å². The average Bonchev–Trinajstić information content (AvgIpc) is 2.57. The molecule has 0 atom stereocenters. The third-order valence-electron chi connectivity index (χ3n) is 1.72. The van der Waals surface area contributed by atoms with Crippen LogP contribution < -0.4 is 10.5 Å². The molecule has 6 nitrogen and oxygen atoms in total. The molecule has 0 aliphatic heterocycles. The second kappa shape index (κ2) is 2.94. The Morgan fingerprint density at radius 2 is 2.36 bits per heavy atom. The van der Waals surface area contributed by atoms with E-state index >= 15 is 0 Å². The van der Waals surface area contributed by atoms with E-state index in [4.69, 9.17) is 5.14 Å². The number of anilines is 1. The molecule has 0 fully saturated rings. The standard InChI is InChI=1S/C6H8N4O2S2/c1-8-4-5(14(7,11)12)10-2-3-13-6(10)9-4/h2-3,8H,1H3,(H2,7,11,12). The lowest BCUT2D eigenvalue weighted by Gasteiger charge is -1.98. The summed E-state index contributed by atoms with van der Waals surface area (Å²) in [6, 6.07) is 0. The summed E-state index contributed by atoms with van der Waals surface area (Å²) in [6.45, 7) is 0. The van der Waals surface area contributed by atoms with Crippen molar-refractivity contribution in [3.63, 3.8) is 0 Å². The summed E-state index contributed by atoms with van der Waals surface area (Å²) in [6.07, 6.45) is 1.62. The smallest absolute Gasteiger partial charge is 0.257 e. The molecule has 8 heteroatoms. The van der Waals surface area contributed by atoms with Crippen LogP contribution in [-0.2, 0) is 10.0 Å². The summed E-state index contributed by atoms with van der Waals surface area (Å²) in [5.74, 6) is 0.277. The maximum Gasteiger partial charge on any atom is 0.257 e. The molecule has 0 amide bonds. The maximum absolute atomic E-state index is 11.3. The van der Waals surface area contributed by atoms with Gasteiger partial charge in [-0.25, -0.2) is 18.5 Å². The highest BCUT2D eigenvalue weighted by Gasteiger charge is 2.21.